The van der Waals surface area contributed by atoms with Gasteiger partial charge < -0.3 is 0 Å². The fourth-order valence-corrected chi connectivity index (χ4v) is 3.79. The van der Waals surface area contributed by atoms with Gasteiger partial charge in [-0.15, -0.1) is 0 Å². The first-order valence-electron chi connectivity index (χ1n) is 10.7. The van der Waals surface area contributed by atoms with E-state index in [2.05, 4.69) is 71.0 Å². The summed E-state index contributed by atoms with van der Waals surface area (Å²) in [6, 6.07) is 14.1. The Labute approximate surface area is 162 Å². The lowest BCUT2D eigenvalue weighted by Crippen LogP contribution is -2.03. The molecule has 0 spiro atoms. The number of rotatable bonds is 10. The molecule has 0 atom stereocenters. The second-order valence-corrected chi connectivity index (χ2v) is 8.15. The summed E-state index contributed by atoms with van der Waals surface area (Å²) in [5, 5.41) is 0. The van der Waals surface area contributed by atoms with Crippen molar-refractivity contribution in [3.63, 3.8) is 0 Å². The molecular weight excluding hydrogens is 312 g/mol. The van der Waals surface area contributed by atoms with Crippen LogP contribution in [0, 0.1) is 27.7 Å². The SMILES string of the molecule is CCCCCCCCCC(c1ccc(C)c(C)c1)c1ccc(C)c(C)c1. The summed E-state index contributed by atoms with van der Waals surface area (Å²) < 4.78 is 0. The van der Waals surface area contributed by atoms with Crippen LogP contribution in [0.25, 0.3) is 0 Å². The molecule has 142 valence electrons. The van der Waals surface area contributed by atoms with E-state index in [1.807, 2.05) is 0 Å². The molecule has 0 bridgehead atoms. The molecule has 2 rings (SSSR count). The van der Waals surface area contributed by atoms with Crippen molar-refractivity contribution in [2.75, 3.05) is 0 Å². The minimum atomic E-state index is 0.532. The molecule has 0 radical (unpaired) electrons. The fourth-order valence-electron chi connectivity index (χ4n) is 3.79. The van der Waals surface area contributed by atoms with Crippen molar-refractivity contribution < 1.29 is 0 Å². The largest absolute Gasteiger partial charge is 0.0654 e. The van der Waals surface area contributed by atoms with Gasteiger partial charge in [-0.1, -0.05) is 88.3 Å². The van der Waals surface area contributed by atoms with Crippen LogP contribution in [0.3, 0.4) is 0 Å². The molecule has 0 heterocycles. The Morgan fingerprint density at radius 1 is 0.577 bits per heavy atom. The summed E-state index contributed by atoms with van der Waals surface area (Å²) in [7, 11) is 0. The first kappa shape index (κ1) is 20.7. The Morgan fingerprint density at radius 3 is 1.50 bits per heavy atom. The number of benzene rings is 2. The van der Waals surface area contributed by atoms with Crippen LogP contribution in [0.15, 0.2) is 36.4 Å². The average Bonchev–Trinajstić information content (AvgIpc) is 2.62. The monoisotopic (exact) mass is 350 g/mol. The standard InChI is InChI=1S/C26H38/c1-6-7-8-9-10-11-12-13-26(24-16-14-20(2)22(4)18-24)25-17-15-21(3)23(5)19-25/h14-19,26H,6-13H2,1-5H3. The zero-order valence-electron chi connectivity index (χ0n) is 17.7. The van der Waals surface area contributed by atoms with E-state index in [1.165, 1.54) is 84.7 Å². The lowest BCUT2D eigenvalue weighted by Gasteiger charge is -2.20. The molecule has 26 heavy (non-hydrogen) atoms. The minimum Gasteiger partial charge on any atom is -0.0654 e. The van der Waals surface area contributed by atoms with Crippen molar-refractivity contribution in [3.8, 4) is 0 Å². The third-order valence-electron chi connectivity index (χ3n) is 5.96. The predicted octanol–water partition coefficient (Wildman–Crippen LogP) is 8.19. The maximum atomic E-state index is 2.41. The fraction of sp³-hybridized carbons (Fsp3) is 0.538. The molecular formula is C26H38. The lowest BCUT2D eigenvalue weighted by molar-refractivity contribution is 0.558. The van der Waals surface area contributed by atoms with E-state index in [1.54, 1.807) is 0 Å². The van der Waals surface area contributed by atoms with Gasteiger partial charge in [0.2, 0.25) is 0 Å². The molecule has 0 aliphatic carbocycles. The molecule has 0 saturated carbocycles. The first-order chi connectivity index (χ1) is 12.5. The van der Waals surface area contributed by atoms with E-state index < -0.39 is 0 Å². The molecule has 0 amide bonds. The van der Waals surface area contributed by atoms with Crippen LogP contribution < -0.4 is 0 Å². The zero-order chi connectivity index (χ0) is 18.9. The van der Waals surface area contributed by atoms with E-state index in [4.69, 9.17) is 0 Å². The van der Waals surface area contributed by atoms with Gasteiger partial charge in [0.25, 0.3) is 0 Å². The minimum absolute atomic E-state index is 0.532. The lowest BCUT2D eigenvalue weighted by atomic mass is 9.84. The van der Waals surface area contributed by atoms with Crippen LogP contribution >= 0.6 is 0 Å². The van der Waals surface area contributed by atoms with E-state index >= 15 is 0 Å². The third kappa shape index (κ3) is 6.01. The normalized spacial score (nSPS) is 11.3. The summed E-state index contributed by atoms with van der Waals surface area (Å²) in [6.07, 6.45) is 10.9. The molecule has 0 nitrogen and oxygen atoms in total. The highest BCUT2D eigenvalue weighted by molar-refractivity contribution is 5.40. The van der Waals surface area contributed by atoms with Gasteiger partial charge in [-0.05, 0) is 67.5 Å². The van der Waals surface area contributed by atoms with Gasteiger partial charge >= 0.3 is 0 Å². The van der Waals surface area contributed by atoms with Crippen molar-refractivity contribution >= 4 is 0 Å². The third-order valence-corrected chi connectivity index (χ3v) is 5.96. The Morgan fingerprint density at radius 2 is 1.04 bits per heavy atom. The van der Waals surface area contributed by atoms with Crippen LogP contribution in [-0.4, -0.2) is 0 Å². The highest BCUT2D eigenvalue weighted by Gasteiger charge is 2.15. The average molecular weight is 351 g/mol. The van der Waals surface area contributed by atoms with E-state index in [-0.39, 0.29) is 0 Å². The highest BCUT2D eigenvalue weighted by Crippen LogP contribution is 2.32. The number of unbranched alkanes of at least 4 members (excludes halogenated alkanes) is 6. The van der Waals surface area contributed by atoms with Gasteiger partial charge in [0.15, 0.2) is 0 Å². The second kappa shape index (κ2) is 10.6. The van der Waals surface area contributed by atoms with Crippen LogP contribution in [0.4, 0.5) is 0 Å². The van der Waals surface area contributed by atoms with Crippen LogP contribution in [0.2, 0.25) is 0 Å². The van der Waals surface area contributed by atoms with E-state index in [9.17, 15) is 0 Å². The van der Waals surface area contributed by atoms with E-state index in [0.29, 0.717) is 5.92 Å². The predicted molar refractivity (Wildman–Crippen MR) is 116 cm³/mol. The van der Waals surface area contributed by atoms with Gasteiger partial charge in [0, 0.05) is 5.92 Å². The number of hydrogen-bond donors (Lipinski definition) is 0. The van der Waals surface area contributed by atoms with Crippen molar-refractivity contribution in [2.45, 2.75) is 91.9 Å². The summed E-state index contributed by atoms with van der Waals surface area (Å²) in [6.45, 7) is 11.2. The topological polar surface area (TPSA) is 0 Å². The van der Waals surface area contributed by atoms with Crippen molar-refractivity contribution in [2.24, 2.45) is 0 Å². The van der Waals surface area contributed by atoms with Gasteiger partial charge in [0.1, 0.15) is 0 Å². The van der Waals surface area contributed by atoms with Gasteiger partial charge in [-0.2, -0.15) is 0 Å². The molecule has 0 fully saturated rings. The van der Waals surface area contributed by atoms with Gasteiger partial charge in [0.05, 0.1) is 0 Å². The number of hydrogen-bond acceptors (Lipinski definition) is 0. The Balaban J connectivity index is 2.08. The quantitative estimate of drug-likeness (QED) is 0.379. The maximum Gasteiger partial charge on any atom is 0.00895 e. The molecule has 2 aromatic carbocycles. The molecule has 0 aliphatic heterocycles. The molecule has 2 aromatic rings. The molecule has 0 aromatic heterocycles. The zero-order valence-corrected chi connectivity index (χ0v) is 17.7. The van der Waals surface area contributed by atoms with Crippen LogP contribution in [0.1, 0.15) is 97.6 Å². The molecule has 0 heteroatoms. The summed E-state index contributed by atoms with van der Waals surface area (Å²) in [4.78, 5) is 0. The Kier molecular flexibility index (Phi) is 8.42. The van der Waals surface area contributed by atoms with Crippen LogP contribution in [-0.2, 0) is 0 Å². The maximum absolute atomic E-state index is 2.41. The summed E-state index contributed by atoms with van der Waals surface area (Å²) in [5.41, 5.74) is 8.59. The van der Waals surface area contributed by atoms with Crippen LogP contribution in [0.5, 0.6) is 0 Å². The first-order valence-corrected chi connectivity index (χ1v) is 10.7. The summed E-state index contributed by atoms with van der Waals surface area (Å²) in [5.74, 6) is 0.532. The Hall–Kier alpha value is -1.56. The molecule has 0 aliphatic rings. The summed E-state index contributed by atoms with van der Waals surface area (Å²) >= 11 is 0. The number of aryl methyl sites for hydroxylation is 4. The molecule has 0 saturated heterocycles. The van der Waals surface area contributed by atoms with E-state index in [0.717, 1.165) is 0 Å². The molecule has 0 N–H and O–H groups in total. The van der Waals surface area contributed by atoms with Crippen molar-refractivity contribution in [1.82, 2.24) is 0 Å². The Bertz CT molecular complexity index is 629. The smallest absolute Gasteiger partial charge is 0.00895 e. The van der Waals surface area contributed by atoms with Crippen molar-refractivity contribution in [1.29, 1.82) is 0 Å². The second-order valence-electron chi connectivity index (χ2n) is 8.15. The van der Waals surface area contributed by atoms with Gasteiger partial charge in [-0.3, -0.25) is 0 Å². The van der Waals surface area contributed by atoms with Gasteiger partial charge in [-0.25, -0.2) is 0 Å². The highest BCUT2D eigenvalue weighted by atomic mass is 14.2. The van der Waals surface area contributed by atoms with Crippen molar-refractivity contribution in [3.05, 3.63) is 69.8 Å². The molecule has 0 unspecified atom stereocenters.